The van der Waals surface area contributed by atoms with E-state index in [0.717, 1.165) is 38.4 Å². The van der Waals surface area contributed by atoms with E-state index in [9.17, 15) is 18.7 Å². The van der Waals surface area contributed by atoms with Crippen LogP contribution in [-0.4, -0.2) is 42.8 Å². The van der Waals surface area contributed by atoms with Crippen LogP contribution in [0.3, 0.4) is 0 Å². The fourth-order valence-corrected chi connectivity index (χ4v) is 4.89. The Labute approximate surface area is 207 Å². The molecule has 35 heavy (non-hydrogen) atoms. The molecule has 1 fully saturated rings. The maximum absolute atomic E-state index is 13.7. The highest BCUT2D eigenvalue weighted by Crippen LogP contribution is 2.34. The van der Waals surface area contributed by atoms with Crippen molar-refractivity contribution in [1.82, 2.24) is 16.0 Å². The van der Waals surface area contributed by atoms with Gasteiger partial charge < -0.3 is 21.1 Å². The summed E-state index contributed by atoms with van der Waals surface area (Å²) in [6.07, 6.45) is 1.91. The van der Waals surface area contributed by atoms with Crippen LogP contribution < -0.4 is 16.0 Å². The SMILES string of the molecule is CC(=O)N[C@@H](Cc1cc(F)cc(F)c1)[C@H](O)CN[C@@]1(c2cccc(C(C)(C)C)c2)CCCNCC1. The smallest absolute Gasteiger partial charge is 0.217 e. The van der Waals surface area contributed by atoms with Crippen molar-refractivity contribution in [3.05, 3.63) is 70.8 Å². The number of hydrogen-bond donors (Lipinski definition) is 4. The Morgan fingerprint density at radius 2 is 1.83 bits per heavy atom. The van der Waals surface area contributed by atoms with Gasteiger partial charge in [-0.3, -0.25) is 4.79 Å². The zero-order chi connectivity index (χ0) is 25.6. The van der Waals surface area contributed by atoms with E-state index in [1.165, 1.54) is 30.2 Å². The number of rotatable bonds is 8. The van der Waals surface area contributed by atoms with Crippen LogP contribution in [0.15, 0.2) is 42.5 Å². The Morgan fingerprint density at radius 1 is 1.11 bits per heavy atom. The number of benzene rings is 2. The standard InChI is InChI=1S/C28H39F2N3O2/c1-19(34)33-25(15-20-13-23(29)17-24(30)14-20)26(35)18-32-28(9-6-11-31-12-10-28)22-8-5-7-21(16-22)27(2,3)4/h5,7-8,13-14,16-17,25-26,31-32,35H,6,9-12,15,18H2,1-4H3,(H,33,34)/t25-,26+,28-/m0/s1. The summed E-state index contributed by atoms with van der Waals surface area (Å²) in [6, 6.07) is 11.2. The average molecular weight is 488 g/mol. The van der Waals surface area contributed by atoms with Gasteiger partial charge in [-0.25, -0.2) is 8.78 Å². The normalized spacial score (nSPS) is 20.7. The second-order valence-electron chi connectivity index (χ2n) is 10.8. The van der Waals surface area contributed by atoms with E-state index in [1.807, 2.05) is 0 Å². The lowest BCUT2D eigenvalue weighted by molar-refractivity contribution is -0.120. The molecule has 0 unspecified atom stereocenters. The Bertz CT molecular complexity index is 978. The number of amides is 1. The predicted molar refractivity (Wildman–Crippen MR) is 135 cm³/mol. The summed E-state index contributed by atoms with van der Waals surface area (Å²) in [5, 5.41) is 21.0. The lowest BCUT2D eigenvalue weighted by Gasteiger charge is -2.37. The van der Waals surface area contributed by atoms with E-state index in [2.05, 4.69) is 61.0 Å². The van der Waals surface area contributed by atoms with Crippen molar-refractivity contribution in [1.29, 1.82) is 0 Å². The van der Waals surface area contributed by atoms with Gasteiger partial charge >= 0.3 is 0 Å². The highest BCUT2D eigenvalue weighted by atomic mass is 19.1. The molecule has 7 heteroatoms. The van der Waals surface area contributed by atoms with Crippen LogP contribution in [0.1, 0.15) is 63.6 Å². The van der Waals surface area contributed by atoms with Crippen LogP contribution in [0, 0.1) is 11.6 Å². The molecule has 0 spiro atoms. The van der Waals surface area contributed by atoms with Crippen molar-refractivity contribution in [2.24, 2.45) is 0 Å². The second-order valence-corrected chi connectivity index (χ2v) is 10.8. The minimum absolute atomic E-state index is 0.0103. The first-order chi connectivity index (χ1) is 16.5. The minimum Gasteiger partial charge on any atom is -0.390 e. The van der Waals surface area contributed by atoms with Crippen molar-refractivity contribution < 1.29 is 18.7 Å². The van der Waals surface area contributed by atoms with Gasteiger partial charge in [0.2, 0.25) is 5.91 Å². The van der Waals surface area contributed by atoms with Crippen molar-refractivity contribution in [3.63, 3.8) is 0 Å². The molecule has 192 valence electrons. The molecule has 2 aromatic rings. The number of aliphatic hydroxyl groups is 1. The van der Waals surface area contributed by atoms with Crippen molar-refractivity contribution in [2.45, 2.75) is 76.5 Å². The van der Waals surface area contributed by atoms with Crippen LogP contribution in [0.4, 0.5) is 8.78 Å². The largest absolute Gasteiger partial charge is 0.390 e. The van der Waals surface area contributed by atoms with Crippen molar-refractivity contribution in [3.8, 4) is 0 Å². The molecule has 0 aromatic heterocycles. The zero-order valence-electron chi connectivity index (χ0n) is 21.3. The predicted octanol–water partition coefficient (Wildman–Crippen LogP) is 3.93. The average Bonchev–Trinajstić information content (AvgIpc) is 3.02. The molecule has 1 heterocycles. The molecule has 0 aliphatic carbocycles. The van der Waals surface area contributed by atoms with Gasteiger partial charge in [-0.2, -0.15) is 0 Å². The molecule has 1 saturated heterocycles. The van der Waals surface area contributed by atoms with Gasteiger partial charge in [0.15, 0.2) is 0 Å². The molecule has 3 rings (SSSR count). The van der Waals surface area contributed by atoms with Gasteiger partial charge in [0, 0.05) is 25.1 Å². The number of carbonyl (C=O) groups is 1. The molecule has 2 aromatic carbocycles. The Balaban J connectivity index is 1.83. The Hall–Kier alpha value is -2.35. The summed E-state index contributed by atoms with van der Waals surface area (Å²) < 4.78 is 27.4. The molecule has 1 amide bonds. The number of aliphatic hydroxyl groups excluding tert-OH is 1. The first-order valence-corrected chi connectivity index (χ1v) is 12.5. The summed E-state index contributed by atoms with van der Waals surface area (Å²) >= 11 is 0. The molecule has 1 aliphatic heterocycles. The van der Waals surface area contributed by atoms with Crippen molar-refractivity contribution >= 4 is 5.91 Å². The third-order valence-corrected chi connectivity index (χ3v) is 6.85. The number of nitrogens with one attached hydrogen (secondary N) is 3. The topological polar surface area (TPSA) is 73.4 Å². The number of hydrogen-bond acceptors (Lipinski definition) is 4. The molecular formula is C28H39F2N3O2. The van der Waals surface area contributed by atoms with Gasteiger partial charge in [-0.05, 0) is 73.0 Å². The van der Waals surface area contributed by atoms with Crippen LogP contribution in [0.5, 0.6) is 0 Å². The van der Waals surface area contributed by atoms with E-state index in [0.29, 0.717) is 5.56 Å². The van der Waals surface area contributed by atoms with E-state index in [1.54, 1.807) is 0 Å². The number of halogens is 2. The van der Waals surface area contributed by atoms with Crippen LogP contribution in [0.25, 0.3) is 0 Å². The second kappa shape index (κ2) is 11.6. The monoisotopic (exact) mass is 487 g/mol. The van der Waals surface area contributed by atoms with Gasteiger partial charge in [0.05, 0.1) is 12.1 Å². The van der Waals surface area contributed by atoms with Crippen molar-refractivity contribution in [2.75, 3.05) is 19.6 Å². The van der Waals surface area contributed by atoms with Gasteiger partial charge in [-0.1, -0.05) is 45.0 Å². The van der Waals surface area contributed by atoms with Gasteiger partial charge in [0.25, 0.3) is 0 Å². The molecule has 4 N–H and O–H groups in total. The van der Waals surface area contributed by atoms with E-state index < -0.39 is 23.8 Å². The fraction of sp³-hybridized carbons (Fsp3) is 0.536. The Kier molecular flexibility index (Phi) is 9.02. The molecule has 1 aliphatic rings. The maximum atomic E-state index is 13.7. The first-order valence-electron chi connectivity index (χ1n) is 12.5. The van der Waals surface area contributed by atoms with E-state index in [-0.39, 0.29) is 29.8 Å². The highest BCUT2D eigenvalue weighted by Gasteiger charge is 2.34. The summed E-state index contributed by atoms with van der Waals surface area (Å²) in [5.74, 6) is -1.67. The molecule has 0 saturated carbocycles. The zero-order valence-corrected chi connectivity index (χ0v) is 21.3. The summed E-state index contributed by atoms with van der Waals surface area (Å²) in [7, 11) is 0. The molecule has 3 atom stereocenters. The van der Waals surface area contributed by atoms with Crippen LogP contribution >= 0.6 is 0 Å². The highest BCUT2D eigenvalue weighted by molar-refractivity contribution is 5.73. The summed E-state index contributed by atoms with van der Waals surface area (Å²) in [6.45, 7) is 9.96. The lowest BCUT2D eigenvalue weighted by atomic mass is 9.79. The van der Waals surface area contributed by atoms with Gasteiger partial charge in [-0.15, -0.1) is 0 Å². The quantitative estimate of drug-likeness (QED) is 0.455. The molecule has 5 nitrogen and oxygen atoms in total. The first kappa shape index (κ1) is 27.2. The number of carbonyl (C=O) groups excluding carboxylic acids is 1. The lowest BCUT2D eigenvalue weighted by Crippen LogP contribution is -2.52. The summed E-state index contributed by atoms with van der Waals surface area (Å²) in [5.41, 5.74) is 2.49. The third-order valence-electron chi connectivity index (χ3n) is 6.85. The molecular weight excluding hydrogens is 448 g/mol. The Morgan fingerprint density at radius 3 is 2.49 bits per heavy atom. The van der Waals surface area contributed by atoms with E-state index in [4.69, 9.17) is 0 Å². The summed E-state index contributed by atoms with van der Waals surface area (Å²) in [4.78, 5) is 11.9. The van der Waals surface area contributed by atoms with E-state index >= 15 is 0 Å². The fourth-order valence-electron chi connectivity index (χ4n) is 4.89. The van der Waals surface area contributed by atoms with Gasteiger partial charge in [0.1, 0.15) is 11.6 Å². The third kappa shape index (κ3) is 7.56. The maximum Gasteiger partial charge on any atom is 0.217 e. The van der Waals surface area contributed by atoms with Crippen LogP contribution in [0.2, 0.25) is 0 Å². The molecule has 0 radical (unpaired) electrons. The molecule has 0 bridgehead atoms. The van der Waals surface area contributed by atoms with Crippen LogP contribution in [-0.2, 0) is 22.2 Å². The minimum atomic E-state index is -0.955.